The molecule has 3 aromatic rings. The second kappa shape index (κ2) is 9.87. The predicted molar refractivity (Wildman–Crippen MR) is 121 cm³/mol. The summed E-state index contributed by atoms with van der Waals surface area (Å²) in [5.74, 6) is -0.257. The van der Waals surface area contributed by atoms with E-state index in [9.17, 15) is 18.0 Å². The maximum atomic E-state index is 13.2. The minimum Gasteiger partial charge on any atom is -0.351 e. The fourth-order valence-electron chi connectivity index (χ4n) is 3.76. The van der Waals surface area contributed by atoms with Crippen LogP contribution >= 0.6 is 11.3 Å². The van der Waals surface area contributed by atoms with Gasteiger partial charge in [-0.15, -0.1) is 11.3 Å². The number of hydrogen-bond acceptors (Lipinski definition) is 4. The van der Waals surface area contributed by atoms with Crippen molar-refractivity contribution in [3.05, 3.63) is 63.0 Å². The topological polar surface area (TPSA) is 72.9 Å². The number of benzene rings is 1. The zero-order chi connectivity index (χ0) is 23.5. The average molecular weight is 465 g/mol. The number of hydrogen-bond donors (Lipinski definition) is 2. The minimum absolute atomic E-state index is 0.0317. The fraction of sp³-hybridized carbons (Fsp3) is 0.391. The molecular formula is C23H27F3N4OS. The summed E-state index contributed by atoms with van der Waals surface area (Å²) in [4.78, 5) is 14.4. The van der Waals surface area contributed by atoms with E-state index in [1.54, 1.807) is 0 Å². The summed E-state index contributed by atoms with van der Waals surface area (Å²) in [7, 11) is 1.88. The summed E-state index contributed by atoms with van der Waals surface area (Å²) < 4.78 is 41.5. The van der Waals surface area contributed by atoms with E-state index in [4.69, 9.17) is 5.73 Å². The fourth-order valence-corrected chi connectivity index (χ4v) is 4.77. The molecule has 0 bridgehead atoms. The van der Waals surface area contributed by atoms with Crippen molar-refractivity contribution < 1.29 is 18.0 Å². The molecule has 0 aliphatic carbocycles. The molecule has 0 fully saturated rings. The van der Waals surface area contributed by atoms with Gasteiger partial charge in [-0.2, -0.15) is 18.3 Å². The molecule has 3 N–H and O–H groups in total. The Kier molecular flexibility index (Phi) is 7.40. The number of nitrogens with zero attached hydrogens (tertiary/aromatic N) is 2. The number of halogens is 3. The van der Waals surface area contributed by atoms with Gasteiger partial charge in [-0.05, 0) is 42.5 Å². The first-order chi connectivity index (χ1) is 15.2. The third kappa shape index (κ3) is 5.05. The maximum Gasteiger partial charge on any atom is 0.416 e. The Morgan fingerprint density at radius 2 is 1.97 bits per heavy atom. The third-order valence-corrected chi connectivity index (χ3v) is 6.69. The zero-order valence-corrected chi connectivity index (χ0v) is 19.1. The van der Waals surface area contributed by atoms with Gasteiger partial charge in [0.15, 0.2) is 0 Å². The standard InChI is InChI=1S/C23H27F3N4OS/c1-4-14-13-29-30(3)21(14)16-12-20(32-19(16)5-2)22(31)28-11-10-18(27)15-8-6-7-9-17(15)23(24,25)26/h6-9,12-13,18H,4-5,10-11,27H2,1-3H3,(H,28,31)/t18-/m0/s1. The Morgan fingerprint density at radius 1 is 1.25 bits per heavy atom. The molecule has 3 rings (SSSR count). The van der Waals surface area contributed by atoms with Gasteiger partial charge in [0.2, 0.25) is 0 Å². The lowest BCUT2D eigenvalue weighted by atomic mass is 9.98. The van der Waals surface area contributed by atoms with Gasteiger partial charge < -0.3 is 11.1 Å². The van der Waals surface area contributed by atoms with Crippen LogP contribution in [0, 0.1) is 0 Å². The molecule has 0 radical (unpaired) electrons. The highest BCUT2D eigenvalue weighted by Crippen LogP contribution is 2.35. The number of aryl methyl sites for hydroxylation is 3. The van der Waals surface area contributed by atoms with Crippen molar-refractivity contribution in [1.82, 2.24) is 15.1 Å². The van der Waals surface area contributed by atoms with Crippen molar-refractivity contribution in [2.75, 3.05) is 6.54 Å². The number of aromatic nitrogens is 2. The molecule has 0 aliphatic heterocycles. The highest BCUT2D eigenvalue weighted by Gasteiger charge is 2.34. The molecule has 1 atom stereocenters. The van der Waals surface area contributed by atoms with Gasteiger partial charge in [-0.25, -0.2) is 0 Å². The Bertz CT molecular complexity index is 1090. The molecule has 1 amide bonds. The first-order valence-corrected chi connectivity index (χ1v) is 11.3. The quantitative estimate of drug-likeness (QED) is 0.486. The molecule has 1 aromatic carbocycles. The van der Waals surface area contributed by atoms with E-state index >= 15 is 0 Å². The molecule has 5 nitrogen and oxygen atoms in total. The number of thiophene rings is 1. The first-order valence-electron chi connectivity index (χ1n) is 10.5. The molecule has 2 aromatic heterocycles. The SMILES string of the molecule is CCc1cnn(C)c1-c1cc(C(=O)NCC[C@H](N)c2ccccc2C(F)(F)F)sc1CC. The second-order valence-electron chi connectivity index (χ2n) is 7.53. The molecule has 32 heavy (non-hydrogen) atoms. The van der Waals surface area contributed by atoms with Crippen LogP contribution in [-0.2, 0) is 26.1 Å². The molecule has 9 heteroatoms. The second-order valence-corrected chi connectivity index (χ2v) is 8.67. The number of carbonyl (C=O) groups excluding carboxylic acids is 1. The molecule has 0 unspecified atom stereocenters. The molecule has 172 valence electrons. The minimum atomic E-state index is -4.47. The molecule has 0 spiro atoms. The van der Waals surface area contributed by atoms with E-state index < -0.39 is 17.8 Å². The summed E-state index contributed by atoms with van der Waals surface area (Å²) in [5, 5.41) is 7.14. The van der Waals surface area contributed by atoms with Crippen molar-refractivity contribution in [1.29, 1.82) is 0 Å². The van der Waals surface area contributed by atoms with Gasteiger partial charge in [-0.1, -0.05) is 32.0 Å². The summed E-state index contributed by atoms with van der Waals surface area (Å²) in [5.41, 5.74) is 8.43. The highest BCUT2D eigenvalue weighted by molar-refractivity contribution is 7.14. The van der Waals surface area contributed by atoms with E-state index in [-0.39, 0.29) is 24.4 Å². The average Bonchev–Trinajstić information content (AvgIpc) is 3.35. The Balaban J connectivity index is 1.70. The number of amides is 1. The van der Waals surface area contributed by atoms with Crippen LogP contribution in [-0.4, -0.2) is 22.2 Å². The lowest BCUT2D eigenvalue weighted by Crippen LogP contribution is -2.27. The van der Waals surface area contributed by atoms with Crippen LogP contribution in [0.1, 0.15) is 57.5 Å². The number of nitrogens with one attached hydrogen (secondary N) is 1. The molecule has 0 aliphatic rings. The van der Waals surface area contributed by atoms with E-state index in [0.29, 0.717) is 4.88 Å². The summed E-state index contributed by atoms with van der Waals surface area (Å²) in [6.07, 6.45) is -0.821. The van der Waals surface area contributed by atoms with Crippen LogP contribution in [0.5, 0.6) is 0 Å². The van der Waals surface area contributed by atoms with E-state index in [1.807, 2.05) is 30.9 Å². The summed E-state index contributed by atoms with van der Waals surface area (Å²) >= 11 is 1.42. The van der Waals surface area contributed by atoms with E-state index in [0.717, 1.165) is 40.6 Å². The lowest BCUT2D eigenvalue weighted by Gasteiger charge is -2.18. The smallest absolute Gasteiger partial charge is 0.351 e. The number of alkyl halides is 3. The third-order valence-electron chi connectivity index (χ3n) is 5.41. The Labute approximate surface area is 189 Å². The van der Waals surface area contributed by atoms with Gasteiger partial charge in [-0.3, -0.25) is 9.48 Å². The monoisotopic (exact) mass is 464 g/mol. The van der Waals surface area contributed by atoms with Crippen molar-refractivity contribution >= 4 is 17.2 Å². The van der Waals surface area contributed by atoms with Crippen LogP contribution < -0.4 is 11.1 Å². The van der Waals surface area contributed by atoms with Crippen LogP contribution in [0.25, 0.3) is 11.3 Å². The summed E-state index contributed by atoms with van der Waals surface area (Å²) in [6.45, 7) is 4.27. The highest BCUT2D eigenvalue weighted by atomic mass is 32.1. The Morgan fingerprint density at radius 3 is 2.62 bits per heavy atom. The lowest BCUT2D eigenvalue weighted by molar-refractivity contribution is -0.138. The largest absolute Gasteiger partial charge is 0.416 e. The van der Waals surface area contributed by atoms with Gasteiger partial charge in [0.25, 0.3) is 5.91 Å². The summed E-state index contributed by atoms with van der Waals surface area (Å²) in [6, 6.07) is 6.32. The number of rotatable bonds is 8. The van der Waals surface area contributed by atoms with Gasteiger partial charge >= 0.3 is 6.18 Å². The van der Waals surface area contributed by atoms with Crippen molar-refractivity contribution in [3.8, 4) is 11.3 Å². The molecular weight excluding hydrogens is 437 g/mol. The number of nitrogens with two attached hydrogens (primary N) is 1. The van der Waals surface area contributed by atoms with Gasteiger partial charge in [0, 0.05) is 30.1 Å². The van der Waals surface area contributed by atoms with Crippen molar-refractivity contribution in [3.63, 3.8) is 0 Å². The van der Waals surface area contributed by atoms with Gasteiger partial charge in [0.1, 0.15) is 0 Å². The van der Waals surface area contributed by atoms with Crippen molar-refractivity contribution in [2.24, 2.45) is 12.8 Å². The van der Waals surface area contributed by atoms with Gasteiger partial charge in [0.05, 0.1) is 22.3 Å². The predicted octanol–water partition coefficient (Wildman–Crippen LogP) is 5.11. The number of carbonyl (C=O) groups is 1. The normalized spacial score (nSPS) is 12.7. The molecule has 0 saturated heterocycles. The Hall–Kier alpha value is -2.65. The van der Waals surface area contributed by atoms with E-state index in [1.165, 1.54) is 29.5 Å². The first kappa shape index (κ1) is 24.0. The van der Waals surface area contributed by atoms with Crippen LogP contribution in [0.15, 0.2) is 36.5 Å². The molecule has 2 heterocycles. The maximum absolute atomic E-state index is 13.2. The van der Waals surface area contributed by atoms with Crippen LogP contribution in [0.2, 0.25) is 0 Å². The van der Waals surface area contributed by atoms with Crippen LogP contribution in [0.4, 0.5) is 13.2 Å². The van der Waals surface area contributed by atoms with Crippen molar-refractivity contribution in [2.45, 2.75) is 45.3 Å². The molecule has 0 saturated carbocycles. The van der Waals surface area contributed by atoms with Crippen LogP contribution in [0.3, 0.4) is 0 Å². The zero-order valence-electron chi connectivity index (χ0n) is 18.3. The van der Waals surface area contributed by atoms with E-state index in [2.05, 4.69) is 17.3 Å².